The summed E-state index contributed by atoms with van der Waals surface area (Å²) in [6, 6.07) is 11.1. The van der Waals surface area contributed by atoms with Crippen LogP contribution in [-0.4, -0.2) is 4.98 Å². The first-order valence-electron chi connectivity index (χ1n) is 4.71. The molecule has 2 rings (SSSR count). The quantitative estimate of drug-likeness (QED) is 0.736. The van der Waals surface area contributed by atoms with Crippen molar-refractivity contribution in [2.75, 3.05) is 0 Å². The van der Waals surface area contributed by atoms with Crippen LogP contribution < -0.4 is 5.56 Å². The lowest BCUT2D eigenvalue weighted by Crippen LogP contribution is -2.07. The van der Waals surface area contributed by atoms with Gasteiger partial charge in [0.1, 0.15) is 0 Å². The highest BCUT2D eigenvalue weighted by Crippen LogP contribution is 2.09. The molecule has 16 heavy (non-hydrogen) atoms. The van der Waals surface area contributed by atoms with Crippen molar-refractivity contribution in [3.63, 3.8) is 0 Å². The van der Waals surface area contributed by atoms with Gasteiger partial charge in [-0.1, -0.05) is 27.8 Å². The first-order chi connectivity index (χ1) is 7.75. The molecule has 0 saturated carbocycles. The molecule has 0 fully saturated rings. The summed E-state index contributed by atoms with van der Waals surface area (Å²) in [7, 11) is 0. The average Bonchev–Trinajstić information content (AvgIpc) is 2.30. The number of H-pyrrole nitrogens is 1. The molecule has 3 heteroatoms. The summed E-state index contributed by atoms with van der Waals surface area (Å²) >= 11 is 3.35. The van der Waals surface area contributed by atoms with Crippen LogP contribution in [-0.2, 0) is 0 Å². The Labute approximate surface area is 101 Å². The highest BCUT2D eigenvalue weighted by Gasteiger charge is 1.91. The van der Waals surface area contributed by atoms with E-state index in [1.165, 1.54) is 0 Å². The van der Waals surface area contributed by atoms with Gasteiger partial charge in [-0.2, -0.15) is 0 Å². The maximum absolute atomic E-state index is 11.3. The van der Waals surface area contributed by atoms with E-state index in [0.29, 0.717) is 5.56 Å². The molecule has 0 aliphatic heterocycles. The smallest absolute Gasteiger partial charge is 0.263 e. The van der Waals surface area contributed by atoms with Crippen LogP contribution in [0.15, 0.2) is 51.9 Å². The van der Waals surface area contributed by atoms with Crippen molar-refractivity contribution in [2.24, 2.45) is 0 Å². The Balaban J connectivity index is 2.32. The third kappa shape index (κ3) is 2.62. The van der Waals surface area contributed by atoms with Crippen LogP contribution in [0.4, 0.5) is 0 Å². The van der Waals surface area contributed by atoms with Crippen LogP contribution in [0, 0.1) is 11.8 Å². The predicted octanol–water partition coefficient (Wildman–Crippen LogP) is 2.54. The van der Waals surface area contributed by atoms with E-state index in [9.17, 15) is 4.79 Å². The number of hydrogen-bond acceptors (Lipinski definition) is 1. The van der Waals surface area contributed by atoms with E-state index >= 15 is 0 Å². The molecule has 0 amide bonds. The number of benzene rings is 1. The van der Waals surface area contributed by atoms with Gasteiger partial charge in [-0.05, 0) is 36.4 Å². The Kier molecular flexibility index (Phi) is 3.23. The van der Waals surface area contributed by atoms with Gasteiger partial charge in [-0.3, -0.25) is 4.79 Å². The van der Waals surface area contributed by atoms with Gasteiger partial charge >= 0.3 is 0 Å². The fourth-order valence-corrected chi connectivity index (χ4v) is 1.46. The normalized spacial score (nSPS) is 9.31. The zero-order valence-electron chi connectivity index (χ0n) is 8.33. The number of aromatic nitrogens is 1. The number of aromatic amines is 1. The molecule has 0 radical (unpaired) electrons. The monoisotopic (exact) mass is 273 g/mol. The molecule has 0 aliphatic rings. The van der Waals surface area contributed by atoms with Crippen molar-refractivity contribution in [2.45, 2.75) is 0 Å². The second-order valence-corrected chi connectivity index (χ2v) is 4.09. The van der Waals surface area contributed by atoms with Crippen molar-refractivity contribution in [3.8, 4) is 11.8 Å². The van der Waals surface area contributed by atoms with Crippen LogP contribution in [0.5, 0.6) is 0 Å². The Morgan fingerprint density at radius 2 is 1.81 bits per heavy atom. The van der Waals surface area contributed by atoms with E-state index in [1.807, 2.05) is 24.3 Å². The summed E-state index contributed by atoms with van der Waals surface area (Å²) in [6.07, 6.45) is 1.59. The van der Waals surface area contributed by atoms with Gasteiger partial charge in [0.25, 0.3) is 5.56 Å². The van der Waals surface area contributed by atoms with Gasteiger partial charge in [0.15, 0.2) is 0 Å². The van der Waals surface area contributed by atoms with Gasteiger partial charge in [-0.25, -0.2) is 0 Å². The van der Waals surface area contributed by atoms with E-state index < -0.39 is 0 Å². The minimum atomic E-state index is -0.160. The fourth-order valence-electron chi connectivity index (χ4n) is 1.19. The van der Waals surface area contributed by atoms with Crippen LogP contribution in [0.2, 0.25) is 0 Å². The van der Waals surface area contributed by atoms with Gasteiger partial charge in [0.05, 0.1) is 5.56 Å². The van der Waals surface area contributed by atoms with E-state index in [4.69, 9.17) is 0 Å². The van der Waals surface area contributed by atoms with E-state index in [2.05, 4.69) is 32.8 Å². The lowest BCUT2D eigenvalue weighted by molar-refractivity contribution is 1.22. The highest BCUT2D eigenvalue weighted by molar-refractivity contribution is 9.10. The maximum atomic E-state index is 11.3. The van der Waals surface area contributed by atoms with Crippen molar-refractivity contribution < 1.29 is 0 Å². The minimum Gasteiger partial charge on any atom is -0.328 e. The van der Waals surface area contributed by atoms with E-state index in [0.717, 1.165) is 10.0 Å². The standard InChI is InChI=1S/C13H8BrNO/c14-12-7-4-10(5-8-12)3-6-11-2-1-9-15-13(11)16/h1-2,4-5,7-9H,(H,15,16). The molecule has 1 heterocycles. The minimum absolute atomic E-state index is 0.160. The zero-order chi connectivity index (χ0) is 11.4. The number of halogens is 1. The second-order valence-electron chi connectivity index (χ2n) is 3.17. The summed E-state index contributed by atoms with van der Waals surface area (Å²) in [5, 5.41) is 0. The molecule has 0 aliphatic carbocycles. The van der Waals surface area contributed by atoms with Crippen LogP contribution in [0.1, 0.15) is 11.1 Å². The van der Waals surface area contributed by atoms with Crippen molar-refractivity contribution in [1.29, 1.82) is 0 Å². The number of nitrogens with one attached hydrogen (secondary N) is 1. The molecule has 0 spiro atoms. The summed E-state index contributed by atoms with van der Waals surface area (Å²) < 4.78 is 1.01. The SMILES string of the molecule is O=c1[nH]cccc1C#Cc1ccc(Br)cc1. The Morgan fingerprint density at radius 3 is 2.50 bits per heavy atom. The van der Waals surface area contributed by atoms with E-state index in [1.54, 1.807) is 18.3 Å². The molecular weight excluding hydrogens is 266 g/mol. The summed E-state index contributed by atoms with van der Waals surface area (Å²) in [4.78, 5) is 13.9. The van der Waals surface area contributed by atoms with Crippen LogP contribution >= 0.6 is 15.9 Å². The molecule has 2 aromatic rings. The zero-order valence-corrected chi connectivity index (χ0v) is 9.91. The molecule has 1 aromatic heterocycles. The van der Waals surface area contributed by atoms with Crippen molar-refractivity contribution >= 4 is 15.9 Å². The lowest BCUT2D eigenvalue weighted by atomic mass is 10.2. The van der Waals surface area contributed by atoms with Gasteiger partial charge in [-0.15, -0.1) is 0 Å². The average molecular weight is 274 g/mol. The predicted molar refractivity (Wildman–Crippen MR) is 67.2 cm³/mol. The first kappa shape index (κ1) is 10.7. The molecule has 0 unspecified atom stereocenters. The summed E-state index contributed by atoms with van der Waals surface area (Å²) in [5.74, 6) is 5.78. The molecular formula is C13H8BrNO. The first-order valence-corrected chi connectivity index (χ1v) is 5.50. The van der Waals surface area contributed by atoms with Crippen molar-refractivity contribution in [1.82, 2.24) is 4.98 Å². The molecule has 2 nitrogen and oxygen atoms in total. The third-order valence-corrected chi connectivity index (χ3v) is 2.53. The third-order valence-electron chi connectivity index (χ3n) is 2.00. The van der Waals surface area contributed by atoms with Gasteiger partial charge in [0, 0.05) is 16.2 Å². The van der Waals surface area contributed by atoms with Crippen LogP contribution in [0.25, 0.3) is 0 Å². The molecule has 1 N–H and O–H groups in total. The summed E-state index contributed by atoms with van der Waals surface area (Å²) in [6.45, 7) is 0. The van der Waals surface area contributed by atoms with Gasteiger partial charge in [0.2, 0.25) is 0 Å². The van der Waals surface area contributed by atoms with Crippen molar-refractivity contribution in [3.05, 3.63) is 68.5 Å². The second kappa shape index (κ2) is 4.82. The number of hydrogen-bond donors (Lipinski definition) is 1. The molecule has 0 saturated heterocycles. The van der Waals surface area contributed by atoms with Gasteiger partial charge < -0.3 is 4.98 Å². The fraction of sp³-hybridized carbons (Fsp3) is 0. The van der Waals surface area contributed by atoms with E-state index in [-0.39, 0.29) is 5.56 Å². The molecule has 1 aromatic carbocycles. The molecule has 0 bridgehead atoms. The lowest BCUT2D eigenvalue weighted by Gasteiger charge is -1.90. The van der Waals surface area contributed by atoms with Crippen LogP contribution in [0.3, 0.4) is 0 Å². The number of pyridine rings is 1. The summed E-state index contributed by atoms with van der Waals surface area (Å²) in [5.41, 5.74) is 1.20. The Bertz CT molecular complexity index is 602. The Hall–Kier alpha value is -1.79. The number of rotatable bonds is 0. The molecule has 78 valence electrons. The highest BCUT2D eigenvalue weighted by atomic mass is 79.9. The largest absolute Gasteiger partial charge is 0.328 e. The Morgan fingerprint density at radius 1 is 1.06 bits per heavy atom. The molecule has 0 atom stereocenters. The topological polar surface area (TPSA) is 32.9 Å². The maximum Gasteiger partial charge on any atom is 0.263 e.